The Balaban J connectivity index is 2.16. The van der Waals surface area contributed by atoms with Gasteiger partial charge in [-0.3, -0.25) is 0 Å². The summed E-state index contributed by atoms with van der Waals surface area (Å²) in [7, 11) is 0. The molecule has 1 aliphatic carbocycles. The molecule has 0 saturated heterocycles. The lowest BCUT2D eigenvalue weighted by molar-refractivity contribution is 0.447. The number of hydrogen-bond donors (Lipinski definition) is 1. The van der Waals surface area contributed by atoms with E-state index >= 15 is 0 Å². The highest BCUT2D eigenvalue weighted by molar-refractivity contribution is 6.31. The molecule has 1 heterocycles. The molecule has 0 spiro atoms. The maximum absolute atomic E-state index is 6.11. The van der Waals surface area contributed by atoms with Crippen molar-refractivity contribution in [3.63, 3.8) is 0 Å². The molecule has 0 amide bonds. The minimum atomic E-state index is 0.398. The Labute approximate surface area is 125 Å². The van der Waals surface area contributed by atoms with Gasteiger partial charge in [-0.25, -0.2) is 4.98 Å². The fraction of sp³-hybridized carbons (Fsp3) is 0.562. The van der Waals surface area contributed by atoms with E-state index in [2.05, 4.69) is 24.5 Å². The molecule has 1 aromatic carbocycles. The second-order valence-corrected chi connectivity index (χ2v) is 6.54. The molecule has 0 aliphatic heterocycles. The molecule has 2 unspecified atom stereocenters. The first-order valence-corrected chi connectivity index (χ1v) is 7.87. The highest BCUT2D eigenvalue weighted by Gasteiger charge is 2.32. The Hall–Kier alpha value is -1.06. The minimum absolute atomic E-state index is 0.398. The lowest BCUT2D eigenvalue weighted by atomic mass is 9.95. The first-order chi connectivity index (χ1) is 9.61. The van der Waals surface area contributed by atoms with Gasteiger partial charge in [0.1, 0.15) is 5.82 Å². The summed E-state index contributed by atoms with van der Waals surface area (Å²) >= 11 is 6.11. The monoisotopic (exact) mass is 291 g/mol. The van der Waals surface area contributed by atoms with Crippen LogP contribution in [-0.4, -0.2) is 16.1 Å². The zero-order valence-corrected chi connectivity index (χ0v) is 12.9. The van der Waals surface area contributed by atoms with Crippen molar-refractivity contribution < 1.29 is 0 Å². The highest BCUT2D eigenvalue weighted by atomic mass is 35.5. The van der Waals surface area contributed by atoms with Gasteiger partial charge >= 0.3 is 0 Å². The first-order valence-electron chi connectivity index (χ1n) is 7.49. The number of hydrogen-bond acceptors (Lipinski definition) is 2. The van der Waals surface area contributed by atoms with Crippen LogP contribution in [0.1, 0.15) is 50.9 Å². The zero-order valence-electron chi connectivity index (χ0n) is 12.1. The maximum atomic E-state index is 6.11. The fourth-order valence-corrected chi connectivity index (χ4v) is 3.72. The summed E-state index contributed by atoms with van der Waals surface area (Å²) in [5, 5.41) is 0.749. The second-order valence-electron chi connectivity index (χ2n) is 6.10. The third-order valence-corrected chi connectivity index (χ3v) is 4.72. The lowest BCUT2D eigenvalue weighted by Gasteiger charge is -2.21. The summed E-state index contributed by atoms with van der Waals surface area (Å²) < 4.78 is 2.37. The number of nitrogens with zero attached hydrogens (tertiary/aromatic N) is 2. The average Bonchev–Trinajstić information content (AvgIpc) is 3.00. The third-order valence-electron chi connectivity index (χ3n) is 4.49. The van der Waals surface area contributed by atoms with Crippen LogP contribution in [0.25, 0.3) is 11.0 Å². The number of fused-ring (bicyclic) bond motifs is 1. The van der Waals surface area contributed by atoms with Gasteiger partial charge in [-0.1, -0.05) is 18.0 Å². The van der Waals surface area contributed by atoms with Gasteiger partial charge in [-0.15, -0.1) is 0 Å². The Morgan fingerprint density at radius 2 is 2.20 bits per heavy atom. The molecular formula is C16H22ClN3. The summed E-state index contributed by atoms with van der Waals surface area (Å²) in [6, 6.07) is 6.39. The van der Waals surface area contributed by atoms with Crippen molar-refractivity contribution in [3.05, 3.63) is 29.0 Å². The van der Waals surface area contributed by atoms with Crippen LogP contribution in [0.15, 0.2) is 18.2 Å². The Morgan fingerprint density at radius 1 is 1.40 bits per heavy atom. The van der Waals surface area contributed by atoms with Crippen LogP contribution in [0, 0.1) is 5.92 Å². The van der Waals surface area contributed by atoms with Crippen molar-refractivity contribution in [2.45, 2.75) is 45.1 Å². The van der Waals surface area contributed by atoms with Crippen LogP contribution < -0.4 is 5.73 Å². The summed E-state index contributed by atoms with van der Waals surface area (Å²) in [5.74, 6) is 2.26. The molecule has 108 valence electrons. The topological polar surface area (TPSA) is 43.8 Å². The van der Waals surface area contributed by atoms with Gasteiger partial charge in [0.2, 0.25) is 0 Å². The van der Waals surface area contributed by atoms with Gasteiger partial charge < -0.3 is 10.3 Å². The van der Waals surface area contributed by atoms with Crippen molar-refractivity contribution in [2.75, 3.05) is 6.54 Å². The van der Waals surface area contributed by atoms with Gasteiger partial charge in [0.05, 0.1) is 11.0 Å². The molecule has 3 nitrogen and oxygen atoms in total. The molecule has 1 saturated carbocycles. The van der Waals surface area contributed by atoms with E-state index in [4.69, 9.17) is 22.3 Å². The smallest absolute Gasteiger partial charge is 0.113 e. The van der Waals surface area contributed by atoms with E-state index in [1.54, 1.807) is 0 Å². The quantitative estimate of drug-likeness (QED) is 0.925. The van der Waals surface area contributed by atoms with E-state index in [0.29, 0.717) is 17.9 Å². The number of imidazole rings is 1. The van der Waals surface area contributed by atoms with Crippen LogP contribution in [0.5, 0.6) is 0 Å². The molecular weight excluding hydrogens is 270 g/mol. The summed E-state index contributed by atoms with van der Waals surface area (Å²) in [6.45, 7) is 5.18. The molecule has 2 N–H and O–H groups in total. The fourth-order valence-electron chi connectivity index (χ4n) is 3.55. The second kappa shape index (κ2) is 5.38. The predicted octanol–water partition coefficient (Wildman–Crippen LogP) is 4.11. The van der Waals surface area contributed by atoms with E-state index in [0.717, 1.165) is 17.1 Å². The van der Waals surface area contributed by atoms with Gasteiger partial charge in [0.25, 0.3) is 0 Å². The highest BCUT2D eigenvalue weighted by Crippen LogP contribution is 2.40. The average molecular weight is 292 g/mol. The van der Waals surface area contributed by atoms with Gasteiger partial charge in [-0.2, -0.15) is 0 Å². The molecule has 20 heavy (non-hydrogen) atoms. The van der Waals surface area contributed by atoms with Crippen LogP contribution in [0.4, 0.5) is 0 Å². The normalized spacial score (nSPS) is 23.1. The Morgan fingerprint density at radius 3 is 2.90 bits per heavy atom. The van der Waals surface area contributed by atoms with E-state index in [-0.39, 0.29) is 0 Å². The SMILES string of the molecule is CC(C)n1c(C2CCCC2CN)nc2cc(Cl)ccc21. The molecule has 2 aromatic rings. The molecule has 1 aliphatic rings. The van der Waals surface area contributed by atoms with Crippen LogP contribution in [0.2, 0.25) is 5.02 Å². The van der Waals surface area contributed by atoms with Crippen LogP contribution in [-0.2, 0) is 0 Å². The molecule has 0 radical (unpaired) electrons. The summed E-state index contributed by atoms with van der Waals surface area (Å²) in [6.07, 6.45) is 3.68. The molecule has 2 atom stereocenters. The Bertz CT molecular complexity index is 617. The van der Waals surface area contributed by atoms with Crippen LogP contribution >= 0.6 is 11.6 Å². The molecule has 3 rings (SSSR count). The summed E-state index contributed by atoms with van der Waals surface area (Å²) in [4.78, 5) is 4.90. The van der Waals surface area contributed by atoms with E-state index in [1.165, 1.54) is 30.6 Å². The number of halogens is 1. The molecule has 1 aromatic heterocycles. The third kappa shape index (κ3) is 2.23. The number of aromatic nitrogens is 2. The first kappa shape index (κ1) is 13.9. The van der Waals surface area contributed by atoms with Gasteiger partial charge in [0.15, 0.2) is 0 Å². The largest absolute Gasteiger partial charge is 0.330 e. The predicted molar refractivity (Wildman–Crippen MR) is 84.3 cm³/mol. The number of nitrogens with two attached hydrogens (primary N) is 1. The van der Waals surface area contributed by atoms with E-state index in [1.807, 2.05) is 12.1 Å². The van der Waals surface area contributed by atoms with Crippen molar-refractivity contribution in [1.82, 2.24) is 9.55 Å². The number of benzene rings is 1. The summed E-state index contributed by atoms with van der Waals surface area (Å²) in [5.41, 5.74) is 8.13. The Kier molecular flexibility index (Phi) is 3.74. The van der Waals surface area contributed by atoms with Gasteiger partial charge in [0, 0.05) is 17.0 Å². The van der Waals surface area contributed by atoms with Crippen molar-refractivity contribution >= 4 is 22.6 Å². The molecule has 0 bridgehead atoms. The van der Waals surface area contributed by atoms with Crippen molar-refractivity contribution in [2.24, 2.45) is 11.7 Å². The van der Waals surface area contributed by atoms with Crippen molar-refractivity contribution in [1.29, 1.82) is 0 Å². The van der Waals surface area contributed by atoms with E-state index < -0.39 is 0 Å². The van der Waals surface area contributed by atoms with E-state index in [9.17, 15) is 0 Å². The zero-order chi connectivity index (χ0) is 14.3. The lowest BCUT2D eigenvalue weighted by Crippen LogP contribution is -2.20. The van der Waals surface area contributed by atoms with Crippen molar-refractivity contribution in [3.8, 4) is 0 Å². The van der Waals surface area contributed by atoms with Gasteiger partial charge in [-0.05, 0) is 57.4 Å². The van der Waals surface area contributed by atoms with Crippen LogP contribution in [0.3, 0.4) is 0 Å². The standard InChI is InChI=1S/C16H22ClN3/c1-10(2)20-15-7-6-12(17)8-14(15)19-16(20)13-5-3-4-11(13)9-18/h6-8,10-11,13H,3-5,9,18H2,1-2H3. The molecule has 1 fully saturated rings. The molecule has 4 heteroatoms. The minimum Gasteiger partial charge on any atom is -0.330 e. The number of rotatable bonds is 3. The maximum Gasteiger partial charge on any atom is 0.113 e.